The molecule has 2 fully saturated rings. The van der Waals surface area contributed by atoms with Gasteiger partial charge in [-0.15, -0.1) is 0 Å². The molecule has 0 atom stereocenters. The molecule has 1 aromatic carbocycles. The molecule has 0 aromatic heterocycles. The Bertz CT molecular complexity index is 725. The van der Waals surface area contributed by atoms with Crippen LogP contribution in [0.4, 0.5) is 10.5 Å². The van der Waals surface area contributed by atoms with Gasteiger partial charge in [0.05, 0.1) is 0 Å². The van der Waals surface area contributed by atoms with Gasteiger partial charge in [0.1, 0.15) is 12.1 Å². The lowest BCUT2D eigenvalue weighted by Gasteiger charge is -2.34. The Labute approximate surface area is 162 Å². The zero-order chi connectivity index (χ0) is 18.9. The maximum Gasteiger partial charge on any atom is 0.325 e. The summed E-state index contributed by atoms with van der Waals surface area (Å²) in [5, 5.41) is 6.20. The zero-order valence-corrected chi connectivity index (χ0v) is 16.0. The first kappa shape index (κ1) is 19.0. The molecule has 1 aromatic rings. The van der Waals surface area contributed by atoms with Crippen molar-refractivity contribution in [3.8, 4) is 0 Å². The van der Waals surface area contributed by atoms with Crippen LogP contribution in [0.2, 0.25) is 10.0 Å². The van der Waals surface area contributed by atoms with E-state index >= 15 is 0 Å². The van der Waals surface area contributed by atoms with Gasteiger partial charge in [-0.25, -0.2) is 4.79 Å². The van der Waals surface area contributed by atoms with E-state index in [0.717, 1.165) is 24.2 Å². The molecule has 26 heavy (non-hydrogen) atoms. The number of imide groups is 1. The van der Waals surface area contributed by atoms with Crippen LogP contribution in [0.5, 0.6) is 0 Å². The largest absolute Gasteiger partial charge is 0.325 e. The fourth-order valence-corrected chi connectivity index (χ4v) is 4.23. The Kier molecular flexibility index (Phi) is 5.44. The van der Waals surface area contributed by atoms with Crippen molar-refractivity contribution < 1.29 is 14.4 Å². The second-order valence-corrected chi connectivity index (χ2v) is 7.83. The quantitative estimate of drug-likeness (QED) is 0.757. The van der Waals surface area contributed by atoms with Crippen molar-refractivity contribution in [1.82, 2.24) is 10.2 Å². The molecule has 3 rings (SSSR count). The van der Waals surface area contributed by atoms with E-state index in [4.69, 9.17) is 23.2 Å². The summed E-state index contributed by atoms with van der Waals surface area (Å²) >= 11 is 11.8. The first-order valence-electron chi connectivity index (χ1n) is 8.73. The van der Waals surface area contributed by atoms with E-state index in [1.165, 1.54) is 0 Å². The van der Waals surface area contributed by atoms with Gasteiger partial charge < -0.3 is 10.6 Å². The third-order valence-corrected chi connectivity index (χ3v) is 5.67. The summed E-state index contributed by atoms with van der Waals surface area (Å²) in [6, 6.07) is 4.13. The highest BCUT2D eigenvalue weighted by Gasteiger charge is 2.52. The average molecular weight is 398 g/mol. The van der Waals surface area contributed by atoms with Crippen molar-refractivity contribution >= 4 is 46.7 Å². The minimum atomic E-state index is -0.845. The number of carbonyl (C=O) groups is 3. The van der Waals surface area contributed by atoms with Gasteiger partial charge in [0.2, 0.25) is 5.91 Å². The number of carbonyl (C=O) groups excluding carboxylic acids is 3. The summed E-state index contributed by atoms with van der Waals surface area (Å²) < 4.78 is 0. The number of halogens is 2. The molecule has 2 N–H and O–H groups in total. The molecule has 6 nitrogen and oxygen atoms in total. The van der Waals surface area contributed by atoms with Crippen LogP contribution < -0.4 is 10.6 Å². The lowest BCUT2D eigenvalue weighted by atomic mass is 9.75. The number of hydrogen-bond acceptors (Lipinski definition) is 3. The number of urea groups is 1. The van der Waals surface area contributed by atoms with Crippen LogP contribution in [0, 0.1) is 5.92 Å². The Balaban J connectivity index is 1.65. The number of benzene rings is 1. The summed E-state index contributed by atoms with van der Waals surface area (Å²) in [4.78, 5) is 38.4. The number of nitrogens with one attached hydrogen (secondary N) is 2. The molecule has 1 saturated heterocycles. The van der Waals surface area contributed by atoms with Crippen LogP contribution in [0.1, 0.15) is 39.0 Å². The van der Waals surface area contributed by atoms with E-state index in [-0.39, 0.29) is 12.5 Å². The summed E-state index contributed by atoms with van der Waals surface area (Å²) in [6.45, 7) is 1.80. The second kappa shape index (κ2) is 7.45. The van der Waals surface area contributed by atoms with Crippen molar-refractivity contribution in [2.45, 2.75) is 44.6 Å². The van der Waals surface area contributed by atoms with Crippen molar-refractivity contribution in [3.63, 3.8) is 0 Å². The molecular weight excluding hydrogens is 377 g/mol. The van der Waals surface area contributed by atoms with E-state index in [2.05, 4.69) is 17.6 Å². The van der Waals surface area contributed by atoms with Crippen molar-refractivity contribution in [2.75, 3.05) is 11.9 Å². The normalized spacial score (nSPS) is 25.5. The molecule has 0 bridgehead atoms. The molecule has 0 radical (unpaired) electrons. The number of anilines is 1. The molecule has 1 heterocycles. The molecule has 2 aliphatic rings. The van der Waals surface area contributed by atoms with Gasteiger partial charge in [0.15, 0.2) is 0 Å². The van der Waals surface area contributed by atoms with Crippen LogP contribution in [-0.2, 0) is 9.59 Å². The highest BCUT2D eigenvalue weighted by Crippen LogP contribution is 2.37. The Morgan fingerprint density at radius 1 is 1.23 bits per heavy atom. The summed E-state index contributed by atoms with van der Waals surface area (Å²) in [7, 11) is 0. The maximum atomic E-state index is 12.8. The Hall–Kier alpha value is -1.79. The summed E-state index contributed by atoms with van der Waals surface area (Å²) in [5.74, 6) is -0.197. The Morgan fingerprint density at radius 2 is 1.85 bits per heavy atom. The zero-order valence-electron chi connectivity index (χ0n) is 14.5. The fraction of sp³-hybridized carbons (Fsp3) is 0.500. The highest BCUT2D eigenvalue weighted by molar-refractivity contribution is 6.35. The first-order chi connectivity index (χ1) is 12.3. The fourth-order valence-electron chi connectivity index (χ4n) is 3.71. The SMILES string of the molecule is CCC1CCC2(CC1)NC(=O)N(CC(=O)Nc1cc(Cl)cc(Cl)c1)C2=O. The van der Waals surface area contributed by atoms with E-state index in [1.807, 2.05) is 0 Å². The van der Waals surface area contributed by atoms with Crippen LogP contribution >= 0.6 is 23.2 Å². The third-order valence-electron chi connectivity index (χ3n) is 5.23. The van der Waals surface area contributed by atoms with Gasteiger partial charge in [0, 0.05) is 15.7 Å². The van der Waals surface area contributed by atoms with E-state index in [1.54, 1.807) is 18.2 Å². The van der Waals surface area contributed by atoms with Crippen LogP contribution in [0.25, 0.3) is 0 Å². The van der Waals surface area contributed by atoms with Gasteiger partial charge >= 0.3 is 6.03 Å². The van der Waals surface area contributed by atoms with Crippen molar-refractivity contribution in [3.05, 3.63) is 28.2 Å². The number of hydrogen-bond donors (Lipinski definition) is 2. The lowest BCUT2D eigenvalue weighted by Crippen LogP contribution is -2.49. The standard InChI is InChI=1S/C18H21Cl2N3O3/c1-2-11-3-5-18(6-4-11)16(25)23(17(26)22-18)10-15(24)21-14-8-12(19)7-13(20)9-14/h7-9,11H,2-6,10H2,1H3,(H,21,24)(H,22,26). The van der Waals surface area contributed by atoms with Gasteiger partial charge in [0.25, 0.3) is 5.91 Å². The predicted molar refractivity (Wildman–Crippen MR) is 100 cm³/mol. The molecule has 1 aliphatic heterocycles. The van der Waals surface area contributed by atoms with Crippen molar-refractivity contribution in [2.24, 2.45) is 5.92 Å². The van der Waals surface area contributed by atoms with Gasteiger partial charge in [-0.2, -0.15) is 0 Å². The number of amides is 4. The van der Waals surface area contributed by atoms with Gasteiger partial charge in [-0.3, -0.25) is 14.5 Å². The first-order valence-corrected chi connectivity index (χ1v) is 9.48. The van der Waals surface area contributed by atoms with Crippen LogP contribution in [0.15, 0.2) is 18.2 Å². The van der Waals surface area contributed by atoms with E-state index in [9.17, 15) is 14.4 Å². The molecule has 0 unspecified atom stereocenters. The molecular formula is C18H21Cl2N3O3. The van der Waals surface area contributed by atoms with Crippen LogP contribution in [-0.4, -0.2) is 34.8 Å². The summed E-state index contributed by atoms with van der Waals surface area (Å²) in [5.41, 5.74) is -0.430. The predicted octanol–water partition coefficient (Wildman–Crippen LogP) is 3.82. The van der Waals surface area contributed by atoms with E-state index < -0.39 is 17.5 Å². The lowest BCUT2D eigenvalue weighted by molar-refractivity contribution is -0.135. The van der Waals surface area contributed by atoms with Gasteiger partial charge in [-0.1, -0.05) is 36.5 Å². The topological polar surface area (TPSA) is 78.5 Å². The molecule has 1 spiro atoms. The smallest absolute Gasteiger partial charge is 0.324 e. The second-order valence-electron chi connectivity index (χ2n) is 6.96. The number of rotatable bonds is 4. The molecule has 8 heteroatoms. The summed E-state index contributed by atoms with van der Waals surface area (Å²) in [6.07, 6.45) is 4.13. The van der Waals surface area contributed by atoms with Crippen molar-refractivity contribution in [1.29, 1.82) is 0 Å². The van der Waals surface area contributed by atoms with E-state index in [0.29, 0.717) is 34.5 Å². The minimum absolute atomic E-state index is 0.309. The van der Waals surface area contributed by atoms with Crippen LogP contribution in [0.3, 0.4) is 0 Å². The maximum absolute atomic E-state index is 12.8. The molecule has 140 valence electrons. The minimum Gasteiger partial charge on any atom is -0.324 e. The monoisotopic (exact) mass is 397 g/mol. The van der Waals surface area contributed by atoms with Gasteiger partial charge in [-0.05, 0) is 49.8 Å². The average Bonchev–Trinajstić information content (AvgIpc) is 2.79. The molecule has 1 aliphatic carbocycles. The number of nitrogens with zero attached hydrogens (tertiary/aromatic N) is 1. The highest BCUT2D eigenvalue weighted by atomic mass is 35.5. The molecule has 1 saturated carbocycles. The molecule has 4 amide bonds. The Morgan fingerprint density at radius 3 is 2.42 bits per heavy atom. The third kappa shape index (κ3) is 3.81.